The number of carbonyl (C=O) groups is 2. The zero-order valence-electron chi connectivity index (χ0n) is 10.6. The summed E-state index contributed by atoms with van der Waals surface area (Å²) < 4.78 is 1.57. The van der Waals surface area contributed by atoms with E-state index in [1.807, 2.05) is 32.0 Å². The summed E-state index contributed by atoms with van der Waals surface area (Å²) in [6, 6.07) is 5.10. The van der Waals surface area contributed by atoms with Gasteiger partial charge >= 0.3 is 0 Å². The third kappa shape index (κ3) is 2.84. The highest BCUT2D eigenvalue weighted by Crippen LogP contribution is 2.35. The lowest BCUT2D eigenvalue weighted by Crippen LogP contribution is -2.60. The highest BCUT2D eigenvalue weighted by molar-refractivity contribution is 9.11. The number of carbonyl (C=O) groups excluding carboxylic acids is 2. The van der Waals surface area contributed by atoms with E-state index in [4.69, 9.17) is 0 Å². The number of rotatable bonds is 2. The molecule has 0 aliphatic carbocycles. The molecule has 1 aliphatic rings. The van der Waals surface area contributed by atoms with E-state index in [1.165, 1.54) is 4.90 Å². The predicted octanol–water partition coefficient (Wildman–Crippen LogP) is 2.70. The Bertz CT molecular complexity index is 511. The van der Waals surface area contributed by atoms with Crippen molar-refractivity contribution < 1.29 is 9.59 Å². The van der Waals surface area contributed by atoms with Crippen LogP contribution in [0, 0.1) is 5.92 Å². The smallest absolute Gasteiger partial charge is 0.250 e. The Hall–Kier alpha value is -0.880. The number of piperazine rings is 1. The molecule has 102 valence electrons. The summed E-state index contributed by atoms with van der Waals surface area (Å²) in [4.78, 5) is 25.8. The van der Waals surface area contributed by atoms with E-state index in [9.17, 15) is 9.59 Å². The first-order valence-electron chi connectivity index (χ1n) is 5.96. The highest BCUT2D eigenvalue weighted by atomic mass is 79.9. The molecular weight excluding hydrogens is 376 g/mol. The van der Waals surface area contributed by atoms with Gasteiger partial charge in [0.1, 0.15) is 12.6 Å². The number of para-hydroxylation sites is 1. The lowest BCUT2D eigenvalue weighted by atomic mass is 10.0. The van der Waals surface area contributed by atoms with Crippen molar-refractivity contribution in [1.29, 1.82) is 0 Å². The van der Waals surface area contributed by atoms with Crippen molar-refractivity contribution in [3.8, 4) is 0 Å². The fraction of sp³-hybridized carbons (Fsp3) is 0.385. The van der Waals surface area contributed by atoms with Crippen molar-refractivity contribution in [3.05, 3.63) is 27.1 Å². The van der Waals surface area contributed by atoms with E-state index in [1.54, 1.807) is 0 Å². The average molecular weight is 390 g/mol. The van der Waals surface area contributed by atoms with Gasteiger partial charge in [-0.1, -0.05) is 19.9 Å². The molecule has 1 fully saturated rings. The minimum atomic E-state index is -0.472. The van der Waals surface area contributed by atoms with Crippen molar-refractivity contribution in [1.82, 2.24) is 5.32 Å². The summed E-state index contributed by atoms with van der Waals surface area (Å²) in [6.07, 6.45) is 0. The van der Waals surface area contributed by atoms with Crippen LogP contribution in [-0.2, 0) is 9.59 Å². The van der Waals surface area contributed by atoms with E-state index >= 15 is 0 Å². The van der Waals surface area contributed by atoms with Gasteiger partial charge in [0.05, 0.1) is 5.69 Å². The van der Waals surface area contributed by atoms with Gasteiger partial charge in [0.15, 0.2) is 0 Å². The monoisotopic (exact) mass is 388 g/mol. The Labute approximate surface area is 128 Å². The quantitative estimate of drug-likeness (QED) is 0.845. The second-order valence-electron chi connectivity index (χ2n) is 4.78. The van der Waals surface area contributed by atoms with E-state index < -0.39 is 6.04 Å². The molecule has 1 aliphatic heterocycles. The number of benzene rings is 1. The third-order valence-corrected chi connectivity index (χ3v) is 4.30. The first-order chi connectivity index (χ1) is 8.91. The van der Waals surface area contributed by atoms with Crippen LogP contribution in [0.3, 0.4) is 0 Å². The first-order valence-corrected chi connectivity index (χ1v) is 7.55. The summed E-state index contributed by atoms with van der Waals surface area (Å²) in [6.45, 7) is 3.88. The number of hydrogen-bond acceptors (Lipinski definition) is 2. The lowest BCUT2D eigenvalue weighted by Gasteiger charge is -2.35. The zero-order chi connectivity index (χ0) is 14.2. The number of amides is 2. The van der Waals surface area contributed by atoms with E-state index in [-0.39, 0.29) is 24.3 Å². The molecule has 1 aromatic rings. The zero-order valence-corrected chi connectivity index (χ0v) is 13.8. The molecule has 1 aromatic carbocycles. The molecule has 1 N–H and O–H groups in total. The third-order valence-electron chi connectivity index (χ3n) is 3.02. The van der Waals surface area contributed by atoms with Crippen molar-refractivity contribution in [3.63, 3.8) is 0 Å². The molecule has 6 heteroatoms. The van der Waals surface area contributed by atoms with E-state index in [0.29, 0.717) is 5.69 Å². The van der Waals surface area contributed by atoms with Crippen LogP contribution in [0.15, 0.2) is 27.1 Å². The maximum atomic E-state index is 12.5. The number of hydrogen-bond donors (Lipinski definition) is 1. The van der Waals surface area contributed by atoms with Crippen LogP contribution in [0.2, 0.25) is 0 Å². The second-order valence-corrected chi connectivity index (χ2v) is 6.49. The predicted molar refractivity (Wildman–Crippen MR) is 81.0 cm³/mol. The number of halogens is 2. The van der Waals surface area contributed by atoms with Gasteiger partial charge in [0.25, 0.3) is 0 Å². The van der Waals surface area contributed by atoms with Gasteiger partial charge in [-0.25, -0.2) is 0 Å². The van der Waals surface area contributed by atoms with Crippen molar-refractivity contribution in [2.75, 3.05) is 11.4 Å². The fourth-order valence-corrected chi connectivity index (χ4v) is 3.48. The van der Waals surface area contributed by atoms with Gasteiger partial charge in [0, 0.05) is 8.95 Å². The maximum Gasteiger partial charge on any atom is 0.250 e. The Kier molecular flexibility index (Phi) is 4.30. The molecule has 1 saturated heterocycles. The Balaban J connectivity index is 2.43. The molecule has 0 aromatic heterocycles. The van der Waals surface area contributed by atoms with Gasteiger partial charge in [-0.3, -0.25) is 14.5 Å². The van der Waals surface area contributed by atoms with Gasteiger partial charge in [-0.15, -0.1) is 0 Å². The minimum absolute atomic E-state index is 0.0449. The van der Waals surface area contributed by atoms with Crippen LogP contribution in [0.4, 0.5) is 5.69 Å². The van der Waals surface area contributed by atoms with Crippen molar-refractivity contribution >= 4 is 49.4 Å². The normalized spacial score (nSPS) is 19.8. The molecule has 0 saturated carbocycles. The highest BCUT2D eigenvalue weighted by Gasteiger charge is 2.36. The Morgan fingerprint density at radius 1 is 1.26 bits per heavy atom. The molecule has 0 spiro atoms. The number of anilines is 1. The van der Waals surface area contributed by atoms with Gasteiger partial charge in [-0.05, 0) is 49.9 Å². The maximum absolute atomic E-state index is 12.5. The molecule has 4 nitrogen and oxygen atoms in total. The number of nitrogens with zero attached hydrogens (tertiary/aromatic N) is 1. The van der Waals surface area contributed by atoms with Gasteiger partial charge in [0.2, 0.25) is 11.8 Å². The van der Waals surface area contributed by atoms with Crippen LogP contribution in [0.5, 0.6) is 0 Å². The largest absolute Gasteiger partial charge is 0.342 e. The summed E-state index contributed by atoms with van der Waals surface area (Å²) in [5, 5.41) is 2.74. The van der Waals surface area contributed by atoms with E-state index in [0.717, 1.165) is 8.95 Å². The van der Waals surface area contributed by atoms with Crippen molar-refractivity contribution in [2.45, 2.75) is 19.9 Å². The minimum Gasteiger partial charge on any atom is -0.342 e. The molecule has 2 amide bonds. The summed E-state index contributed by atoms with van der Waals surface area (Å²) in [5.74, 6) is -0.163. The average Bonchev–Trinajstić information content (AvgIpc) is 2.32. The van der Waals surface area contributed by atoms with Crippen LogP contribution in [-0.4, -0.2) is 24.4 Å². The van der Waals surface area contributed by atoms with Gasteiger partial charge < -0.3 is 5.32 Å². The summed E-state index contributed by atoms with van der Waals surface area (Å²) in [5.41, 5.74) is 0.702. The number of nitrogens with one attached hydrogen (secondary N) is 1. The first kappa shape index (κ1) is 14.5. The Morgan fingerprint density at radius 3 is 2.37 bits per heavy atom. The Morgan fingerprint density at radius 2 is 1.84 bits per heavy atom. The van der Waals surface area contributed by atoms with Crippen molar-refractivity contribution in [2.24, 2.45) is 5.92 Å². The molecule has 1 heterocycles. The van der Waals surface area contributed by atoms with E-state index in [2.05, 4.69) is 37.2 Å². The topological polar surface area (TPSA) is 49.4 Å². The van der Waals surface area contributed by atoms with Gasteiger partial charge in [-0.2, -0.15) is 0 Å². The van der Waals surface area contributed by atoms with Crippen LogP contribution >= 0.6 is 31.9 Å². The molecule has 0 bridgehead atoms. The van der Waals surface area contributed by atoms with Crippen LogP contribution in [0.25, 0.3) is 0 Å². The fourth-order valence-electron chi connectivity index (χ4n) is 2.06. The molecule has 1 unspecified atom stereocenters. The molecule has 0 radical (unpaired) electrons. The second kappa shape index (κ2) is 5.63. The molecule has 2 rings (SSSR count). The standard InChI is InChI=1S/C13H14Br2N2O2/c1-7(2)11-13(19)17(6-10(18)16-11)12-8(14)4-3-5-9(12)15/h3-5,7,11H,6H2,1-2H3,(H,16,18). The summed E-state index contributed by atoms with van der Waals surface area (Å²) in [7, 11) is 0. The molecule has 19 heavy (non-hydrogen) atoms. The van der Waals surface area contributed by atoms with Crippen LogP contribution in [0.1, 0.15) is 13.8 Å². The lowest BCUT2D eigenvalue weighted by molar-refractivity contribution is -0.132. The molecule has 1 atom stereocenters. The van der Waals surface area contributed by atoms with Crippen LogP contribution < -0.4 is 10.2 Å². The summed E-state index contributed by atoms with van der Waals surface area (Å²) >= 11 is 6.86. The SMILES string of the molecule is CC(C)C1NC(=O)CN(c2c(Br)cccc2Br)C1=O. The molecular formula is C13H14Br2N2O2.